The standard InChI is InChI=1S/C9H9ClO3/c1-5-8(12)6(4-10)3-7(11)9(5)13-2/h3H,4H2,1-2H3. The maximum Gasteiger partial charge on any atom is 0.221 e. The summed E-state index contributed by atoms with van der Waals surface area (Å²) in [6, 6.07) is 0. The Bertz CT molecular complexity index is 326. The SMILES string of the molecule is COC1=C(C)C(=O)C(CCl)=CC1=O. The zero-order valence-electron chi connectivity index (χ0n) is 7.39. The van der Waals surface area contributed by atoms with Gasteiger partial charge in [-0.05, 0) is 13.0 Å². The first-order chi connectivity index (χ1) is 6.11. The zero-order chi connectivity index (χ0) is 10.0. The van der Waals surface area contributed by atoms with Gasteiger partial charge in [-0.15, -0.1) is 11.6 Å². The molecular weight excluding hydrogens is 192 g/mol. The van der Waals surface area contributed by atoms with Gasteiger partial charge in [0.25, 0.3) is 0 Å². The van der Waals surface area contributed by atoms with E-state index < -0.39 is 0 Å². The number of methoxy groups -OCH3 is 1. The Kier molecular flexibility index (Phi) is 2.88. The molecule has 0 aromatic heterocycles. The van der Waals surface area contributed by atoms with Crippen molar-refractivity contribution in [2.45, 2.75) is 6.92 Å². The summed E-state index contributed by atoms with van der Waals surface area (Å²) in [5, 5.41) is 0. The molecule has 13 heavy (non-hydrogen) atoms. The molecule has 1 aliphatic rings. The number of hydrogen-bond donors (Lipinski definition) is 0. The van der Waals surface area contributed by atoms with Crippen molar-refractivity contribution in [2.24, 2.45) is 0 Å². The number of ketones is 2. The Balaban J connectivity index is 3.12. The lowest BCUT2D eigenvalue weighted by Crippen LogP contribution is -2.19. The lowest BCUT2D eigenvalue weighted by atomic mass is 9.97. The van der Waals surface area contributed by atoms with Crippen molar-refractivity contribution in [3.8, 4) is 0 Å². The largest absolute Gasteiger partial charge is 0.492 e. The van der Waals surface area contributed by atoms with E-state index in [1.165, 1.54) is 13.2 Å². The van der Waals surface area contributed by atoms with Crippen molar-refractivity contribution < 1.29 is 14.3 Å². The molecule has 0 aliphatic heterocycles. The van der Waals surface area contributed by atoms with E-state index in [9.17, 15) is 9.59 Å². The molecule has 0 heterocycles. The van der Waals surface area contributed by atoms with Gasteiger partial charge in [0, 0.05) is 11.1 Å². The van der Waals surface area contributed by atoms with Crippen LogP contribution in [0.3, 0.4) is 0 Å². The molecule has 1 rings (SSSR count). The lowest BCUT2D eigenvalue weighted by molar-refractivity contribution is -0.117. The van der Waals surface area contributed by atoms with Crippen LogP contribution in [0.1, 0.15) is 6.92 Å². The maximum absolute atomic E-state index is 11.4. The molecule has 0 atom stereocenters. The summed E-state index contributed by atoms with van der Waals surface area (Å²) in [7, 11) is 1.36. The topological polar surface area (TPSA) is 43.4 Å². The minimum absolute atomic E-state index is 0.0545. The van der Waals surface area contributed by atoms with E-state index in [1.54, 1.807) is 6.92 Å². The molecule has 70 valence electrons. The Morgan fingerprint density at radius 2 is 2.08 bits per heavy atom. The predicted octanol–water partition coefficient (Wildman–Crippen LogP) is 1.22. The monoisotopic (exact) mass is 200 g/mol. The van der Waals surface area contributed by atoms with Gasteiger partial charge < -0.3 is 4.74 Å². The van der Waals surface area contributed by atoms with Gasteiger partial charge in [-0.2, -0.15) is 0 Å². The van der Waals surface area contributed by atoms with Gasteiger partial charge in [0.05, 0.1) is 13.0 Å². The van der Waals surface area contributed by atoms with Gasteiger partial charge in [-0.3, -0.25) is 9.59 Å². The number of rotatable bonds is 2. The molecule has 0 bridgehead atoms. The van der Waals surface area contributed by atoms with Gasteiger partial charge in [0.1, 0.15) is 0 Å². The average molecular weight is 201 g/mol. The first-order valence-electron chi connectivity index (χ1n) is 3.72. The zero-order valence-corrected chi connectivity index (χ0v) is 8.14. The van der Waals surface area contributed by atoms with E-state index in [0.29, 0.717) is 11.1 Å². The Labute approximate surface area is 81.0 Å². The van der Waals surface area contributed by atoms with Gasteiger partial charge in [0.15, 0.2) is 11.5 Å². The Morgan fingerprint density at radius 1 is 1.46 bits per heavy atom. The molecule has 0 spiro atoms. The summed E-state index contributed by atoms with van der Waals surface area (Å²) >= 11 is 5.49. The fourth-order valence-corrected chi connectivity index (χ4v) is 1.37. The molecule has 0 unspecified atom stereocenters. The van der Waals surface area contributed by atoms with Gasteiger partial charge >= 0.3 is 0 Å². The van der Waals surface area contributed by atoms with E-state index in [1.807, 2.05) is 0 Å². The molecule has 0 radical (unpaired) electrons. The number of carbonyl (C=O) groups excluding carboxylic acids is 2. The highest BCUT2D eigenvalue weighted by Gasteiger charge is 2.25. The van der Waals surface area contributed by atoms with E-state index in [2.05, 4.69) is 0 Å². The van der Waals surface area contributed by atoms with Crippen molar-refractivity contribution in [1.82, 2.24) is 0 Å². The van der Waals surface area contributed by atoms with Crippen molar-refractivity contribution >= 4 is 23.2 Å². The second-order valence-corrected chi connectivity index (χ2v) is 2.92. The van der Waals surface area contributed by atoms with E-state index >= 15 is 0 Å². The molecule has 0 aromatic rings. The van der Waals surface area contributed by atoms with Crippen LogP contribution in [-0.2, 0) is 14.3 Å². The molecule has 0 fully saturated rings. The number of ether oxygens (including phenoxy) is 1. The number of alkyl halides is 1. The fourth-order valence-electron chi connectivity index (χ4n) is 1.17. The molecule has 4 heteroatoms. The lowest BCUT2D eigenvalue weighted by Gasteiger charge is -2.13. The van der Waals surface area contributed by atoms with Crippen LogP contribution in [0.5, 0.6) is 0 Å². The van der Waals surface area contributed by atoms with Crippen molar-refractivity contribution in [2.75, 3.05) is 13.0 Å². The molecule has 0 saturated carbocycles. The van der Waals surface area contributed by atoms with Crippen LogP contribution in [-0.4, -0.2) is 24.6 Å². The van der Waals surface area contributed by atoms with Crippen LogP contribution in [0.4, 0.5) is 0 Å². The van der Waals surface area contributed by atoms with Crippen LogP contribution in [0.15, 0.2) is 23.0 Å². The van der Waals surface area contributed by atoms with Crippen molar-refractivity contribution in [1.29, 1.82) is 0 Å². The van der Waals surface area contributed by atoms with E-state index in [4.69, 9.17) is 16.3 Å². The van der Waals surface area contributed by atoms with Gasteiger partial charge in [0.2, 0.25) is 5.78 Å². The van der Waals surface area contributed by atoms with Crippen LogP contribution < -0.4 is 0 Å². The normalized spacial score (nSPS) is 17.6. The number of allylic oxidation sites excluding steroid dienone is 3. The summed E-state index contributed by atoms with van der Waals surface area (Å²) < 4.78 is 4.80. The Morgan fingerprint density at radius 3 is 2.54 bits per heavy atom. The molecule has 0 saturated heterocycles. The highest BCUT2D eigenvalue weighted by molar-refractivity contribution is 6.29. The van der Waals surface area contributed by atoms with Crippen molar-refractivity contribution in [3.05, 3.63) is 23.0 Å². The third kappa shape index (κ3) is 1.65. The van der Waals surface area contributed by atoms with E-state index in [0.717, 1.165) is 0 Å². The van der Waals surface area contributed by atoms with Crippen molar-refractivity contribution in [3.63, 3.8) is 0 Å². The molecule has 1 aliphatic carbocycles. The first kappa shape index (κ1) is 9.99. The minimum atomic E-state index is -0.296. The third-order valence-corrected chi connectivity index (χ3v) is 2.14. The molecule has 3 nitrogen and oxygen atoms in total. The number of hydrogen-bond acceptors (Lipinski definition) is 3. The third-order valence-electron chi connectivity index (χ3n) is 1.85. The summed E-state index contributed by atoms with van der Waals surface area (Å²) in [6.07, 6.45) is 1.22. The average Bonchev–Trinajstić information content (AvgIpc) is 2.12. The van der Waals surface area contributed by atoms with Crippen LogP contribution in [0, 0.1) is 0 Å². The summed E-state index contributed by atoms with van der Waals surface area (Å²) in [5.74, 6) is -0.348. The second-order valence-electron chi connectivity index (χ2n) is 2.65. The number of halogens is 1. The number of carbonyl (C=O) groups is 2. The smallest absolute Gasteiger partial charge is 0.221 e. The highest BCUT2D eigenvalue weighted by atomic mass is 35.5. The van der Waals surface area contributed by atoms with E-state index in [-0.39, 0.29) is 23.2 Å². The molecular formula is C9H9ClO3. The number of Topliss-reactive ketones (excluding diaryl/α,β-unsaturated/α-hetero) is 1. The molecule has 0 aromatic carbocycles. The Hall–Kier alpha value is -1.09. The molecule has 0 amide bonds. The first-order valence-corrected chi connectivity index (χ1v) is 4.25. The summed E-state index contributed by atoms with van der Waals surface area (Å²) in [6.45, 7) is 1.55. The maximum atomic E-state index is 11.4. The predicted molar refractivity (Wildman–Crippen MR) is 48.5 cm³/mol. The second kappa shape index (κ2) is 3.75. The summed E-state index contributed by atoms with van der Waals surface area (Å²) in [5.41, 5.74) is 0.649. The quantitative estimate of drug-likeness (QED) is 0.497. The molecule has 0 N–H and O–H groups in total. The fraction of sp³-hybridized carbons (Fsp3) is 0.333. The van der Waals surface area contributed by atoms with Crippen LogP contribution >= 0.6 is 11.6 Å². The van der Waals surface area contributed by atoms with Crippen LogP contribution in [0.2, 0.25) is 0 Å². The highest BCUT2D eigenvalue weighted by Crippen LogP contribution is 2.19. The minimum Gasteiger partial charge on any atom is -0.492 e. The van der Waals surface area contributed by atoms with Gasteiger partial charge in [-0.1, -0.05) is 0 Å². The summed E-state index contributed by atoms with van der Waals surface area (Å²) in [4.78, 5) is 22.7. The van der Waals surface area contributed by atoms with Crippen LogP contribution in [0.25, 0.3) is 0 Å². The van der Waals surface area contributed by atoms with Gasteiger partial charge in [-0.25, -0.2) is 0 Å².